The molecule has 1 N–H and O–H groups in total. The summed E-state index contributed by atoms with van der Waals surface area (Å²) in [5.41, 5.74) is 1.94. The number of carbonyl (C=O) groups excluding carboxylic acids is 1. The van der Waals surface area contributed by atoms with E-state index in [4.69, 9.17) is 0 Å². The molecular weight excluding hydrogens is 300 g/mol. The van der Waals surface area contributed by atoms with Crippen LogP contribution in [0.2, 0.25) is 0 Å². The molecule has 0 bridgehead atoms. The van der Waals surface area contributed by atoms with Gasteiger partial charge in [-0.25, -0.2) is 12.7 Å². The molecule has 1 rings (SSSR count). The molecule has 1 aromatic carbocycles. The number of anilines is 1. The lowest BCUT2D eigenvalue weighted by Gasteiger charge is -2.21. The molecule has 1 amide bonds. The first-order valence-electron chi connectivity index (χ1n) is 7.56. The van der Waals surface area contributed by atoms with E-state index < -0.39 is 10.0 Å². The number of benzene rings is 1. The van der Waals surface area contributed by atoms with E-state index >= 15 is 0 Å². The Bertz CT molecular complexity index is 580. The largest absolute Gasteiger partial charge is 0.326 e. The van der Waals surface area contributed by atoms with E-state index in [1.165, 1.54) is 16.1 Å². The fraction of sp³-hybridized carbons (Fsp3) is 0.562. The zero-order valence-corrected chi connectivity index (χ0v) is 14.6. The van der Waals surface area contributed by atoms with Crippen molar-refractivity contribution in [2.75, 3.05) is 24.7 Å². The van der Waals surface area contributed by atoms with Crippen LogP contribution in [-0.4, -0.2) is 38.0 Å². The lowest BCUT2D eigenvalue weighted by Crippen LogP contribution is -2.35. The molecule has 0 saturated carbocycles. The molecule has 0 radical (unpaired) electrons. The van der Waals surface area contributed by atoms with E-state index in [9.17, 15) is 13.2 Å². The lowest BCUT2D eigenvalue weighted by atomic mass is 10.1. The van der Waals surface area contributed by atoms with Crippen LogP contribution in [0.5, 0.6) is 0 Å². The summed E-state index contributed by atoms with van der Waals surface area (Å²) in [6, 6.07) is 7.66. The van der Waals surface area contributed by atoms with Crippen molar-refractivity contribution in [3.63, 3.8) is 0 Å². The minimum Gasteiger partial charge on any atom is -0.326 e. The number of hydrogen-bond acceptors (Lipinski definition) is 3. The van der Waals surface area contributed by atoms with Gasteiger partial charge in [0.1, 0.15) is 0 Å². The minimum atomic E-state index is -3.28. The first-order valence-corrected chi connectivity index (χ1v) is 9.41. The molecule has 0 saturated heterocycles. The highest BCUT2D eigenvalue weighted by Gasteiger charge is 2.18. The molecule has 1 aromatic rings. The maximum absolute atomic E-state index is 12.0. The van der Waals surface area contributed by atoms with Gasteiger partial charge >= 0.3 is 0 Å². The zero-order chi connectivity index (χ0) is 16.8. The van der Waals surface area contributed by atoms with E-state index in [1.54, 1.807) is 0 Å². The van der Waals surface area contributed by atoms with Crippen LogP contribution in [0.3, 0.4) is 0 Å². The number of amides is 1. The average molecular weight is 326 g/mol. The SMILES string of the molecule is CCc1ccc(NC(=O)CCN(CC(C)C)S(C)(=O)=O)cc1. The van der Waals surface area contributed by atoms with Crippen molar-refractivity contribution >= 4 is 21.6 Å². The molecule has 22 heavy (non-hydrogen) atoms. The first-order chi connectivity index (χ1) is 10.2. The summed E-state index contributed by atoms with van der Waals surface area (Å²) in [7, 11) is -3.28. The van der Waals surface area contributed by atoms with Crippen molar-refractivity contribution in [2.24, 2.45) is 5.92 Å². The van der Waals surface area contributed by atoms with Crippen molar-refractivity contribution in [1.82, 2.24) is 4.31 Å². The summed E-state index contributed by atoms with van der Waals surface area (Å²) in [6.45, 7) is 6.61. The molecule has 0 spiro atoms. The van der Waals surface area contributed by atoms with E-state index in [2.05, 4.69) is 12.2 Å². The van der Waals surface area contributed by atoms with Gasteiger partial charge < -0.3 is 5.32 Å². The molecule has 0 heterocycles. The van der Waals surface area contributed by atoms with Gasteiger partial charge in [0.25, 0.3) is 0 Å². The smallest absolute Gasteiger partial charge is 0.225 e. The second kappa shape index (κ2) is 8.29. The third-order valence-electron chi connectivity index (χ3n) is 3.27. The summed E-state index contributed by atoms with van der Waals surface area (Å²) in [5.74, 6) is 0.0426. The molecule has 0 unspecified atom stereocenters. The second-order valence-corrected chi connectivity index (χ2v) is 7.85. The molecule has 0 aliphatic rings. The molecule has 6 heteroatoms. The van der Waals surface area contributed by atoms with Gasteiger partial charge in [0.15, 0.2) is 0 Å². The fourth-order valence-corrected chi connectivity index (χ4v) is 3.07. The number of rotatable bonds is 8. The Morgan fingerprint density at radius 2 is 1.82 bits per heavy atom. The highest BCUT2D eigenvalue weighted by atomic mass is 32.2. The standard InChI is InChI=1S/C16H26N2O3S/c1-5-14-6-8-15(9-7-14)17-16(19)10-11-18(12-13(2)3)22(4,20)21/h6-9,13H,5,10-12H2,1-4H3,(H,17,19). The van der Waals surface area contributed by atoms with E-state index in [1.807, 2.05) is 38.1 Å². The Morgan fingerprint density at radius 3 is 2.27 bits per heavy atom. The summed E-state index contributed by atoms with van der Waals surface area (Å²) in [4.78, 5) is 12.0. The Balaban J connectivity index is 2.56. The summed E-state index contributed by atoms with van der Waals surface area (Å²) >= 11 is 0. The van der Waals surface area contributed by atoms with Crippen molar-refractivity contribution < 1.29 is 13.2 Å². The van der Waals surface area contributed by atoms with Crippen LogP contribution in [0, 0.1) is 5.92 Å². The van der Waals surface area contributed by atoms with Gasteiger partial charge in [-0.1, -0.05) is 32.9 Å². The van der Waals surface area contributed by atoms with Crippen LogP contribution >= 0.6 is 0 Å². The Kier molecular flexibility index (Phi) is 7.03. The van der Waals surface area contributed by atoms with E-state index in [-0.39, 0.29) is 24.8 Å². The summed E-state index contributed by atoms with van der Waals surface area (Å²) in [5, 5.41) is 2.79. The van der Waals surface area contributed by atoms with Gasteiger partial charge in [-0.05, 0) is 30.0 Å². The van der Waals surface area contributed by atoms with Crippen LogP contribution in [0.15, 0.2) is 24.3 Å². The van der Waals surface area contributed by atoms with Crippen LogP contribution in [0.25, 0.3) is 0 Å². The van der Waals surface area contributed by atoms with Crippen LogP contribution in [0.4, 0.5) is 5.69 Å². The third-order valence-corrected chi connectivity index (χ3v) is 4.54. The normalized spacial score (nSPS) is 11.9. The predicted molar refractivity (Wildman–Crippen MR) is 90.3 cm³/mol. The highest BCUT2D eigenvalue weighted by molar-refractivity contribution is 7.88. The summed E-state index contributed by atoms with van der Waals surface area (Å²) in [6.07, 6.45) is 2.28. The number of nitrogens with zero attached hydrogens (tertiary/aromatic N) is 1. The number of aryl methyl sites for hydroxylation is 1. The van der Waals surface area contributed by atoms with Crippen molar-refractivity contribution in [3.05, 3.63) is 29.8 Å². The third kappa shape index (κ3) is 6.58. The van der Waals surface area contributed by atoms with Gasteiger partial charge in [-0.3, -0.25) is 4.79 Å². The highest BCUT2D eigenvalue weighted by Crippen LogP contribution is 2.11. The van der Waals surface area contributed by atoms with Crippen LogP contribution in [0.1, 0.15) is 32.8 Å². The molecule has 0 aromatic heterocycles. The Morgan fingerprint density at radius 1 is 1.23 bits per heavy atom. The van der Waals surface area contributed by atoms with Crippen LogP contribution in [-0.2, 0) is 21.2 Å². The van der Waals surface area contributed by atoms with Crippen molar-refractivity contribution in [2.45, 2.75) is 33.6 Å². The molecule has 0 fully saturated rings. The van der Waals surface area contributed by atoms with E-state index in [0.717, 1.165) is 12.1 Å². The van der Waals surface area contributed by atoms with Gasteiger partial charge in [0.2, 0.25) is 15.9 Å². The predicted octanol–water partition coefficient (Wildman–Crippen LogP) is 2.50. The summed E-state index contributed by atoms with van der Waals surface area (Å²) < 4.78 is 24.8. The quantitative estimate of drug-likeness (QED) is 0.798. The van der Waals surface area contributed by atoms with Crippen molar-refractivity contribution in [3.8, 4) is 0 Å². The van der Waals surface area contributed by atoms with E-state index in [0.29, 0.717) is 6.54 Å². The molecule has 0 aliphatic carbocycles. The Labute approximate surface area is 133 Å². The first kappa shape index (κ1) is 18.6. The lowest BCUT2D eigenvalue weighted by molar-refractivity contribution is -0.116. The maximum Gasteiger partial charge on any atom is 0.225 e. The number of nitrogens with one attached hydrogen (secondary N) is 1. The second-order valence-electron chi connectivity index (χ2n) is 5.86. The Hall–Kier alpha value is -1.40. The number of hydrogen-bond donors (Lipinski definition) is 1. The molecule has 0 aliphatic heterocycles. The average Bonchev–Trinajstić information content (AvgIpc) is 2.42. The van der Waals surface area contributed by atoms with Gasteiger partial charge in [0, 0.05) is 25.2 Å². The zero-order valence-electron chi connectivity index (χ0n) is 13.8. The topological polar surface area (TPSA) is 66.5 Å². The molecular formula is C16H26N2O3S. The monoisotopic (exact) mass is 326 g/mol. The van der Waals surface area contributed by atoms with Gasteiger partial charge in [0.05, 0.1) is 6.26 Å². The van der Waals surface area contributed by atoms with Crippen LogP contribution < -0.4 is 5.32 Å². The van der Waals surface area contributed by atoms with Gasteiger partial charge in [-0.2, -0.15) is 0 Å². The maximum atomic E-state index is 12.0. The fourth-order valence-electron chi connectivity index (χ4n) is 2.07. The van der Waals surface area contributed by atoms with Crippen molar-refractivity contribution in [1.29, 1.82) is 0 Å². The number of carbonyl (C=O) groups is 1. The number of sulfonamides is 1. The van der Waals surface area contributed by atoms with Gasteiger partial charge in [-0.15, -0.1) is 0 Å². The minimum absolute atomic E-state index is 0.148. The molecule has 5 nitrogen and oxygen atoms in total. The molecule has 124 valence electrons. The molecule has 0 atom stereocenters.